The van der Waals surface area contributed by atoms with Crippen molar-refractivity contribution in [3.05, 3.63) is 78.0 Å². The molecule has 4 aromatic carbocycles. The third kappa shape index (κ3) is 2.94. The minimum absolute atomic E-state index is 0.146. The molecule has 0 saturated carbocycles. The van der Waals surface area contributed by atoms with Gasteiger partial charge in [-0.3, -0.25) is 0 Å². The number of hydrogen-bond acceptors (Lipinski definition) is 2. The molecule has 0 radical (unpaired) electrons. The van der Waals surface area contributed by atoms with E-state index in [1.54, 1.807) is 0 Å². The number of nitrogens with zero attached hydrogens (tertiary/aromatic N) is 1. The number of fused-ring (bicyclic) bond motifs is 7. The molecule has 172 valence electrons. The SMILES string of the molecule is Cc1c2c(cc3ccccc13)Sc1c(CC(C)(C)C)c3c4ccccc4oc3c3cc[n+](C)c-2c13. The molecule has 2 aromatic heterocycles. The molecule has 0 saturated heterocycles. The second-order valence-electron chi connectivity index (χ2n) is 11.1. The monoisotopic (exact) mass is 474 g/mol. The van der Waals surface area contributed by atoms with Gasteiger partial charge in [0, 0.05) is 32.0 Å². The van der Waals surface area contributed by atoms with Crippen molar-refractivity contribution in [1.82, 2.24) is 0 Å². The lowest BCUT2D eigenvalue weighted by atomic mass is 9.84. The molecule has 6 aromatic rings. The quantitative estimate of drug-likeness (QED) is 0.221. The number of hydrogen-bond donors (Lipinski definition) is 0. The van der Waals surface area contributed by atoms with Crippen molar-refractivity contribution < 1.29 is 8.98 Å². The van der Waals surface area contributed by atoms with E-state index in [4.69, 9.17) is 4.42 Å². The molecule has 0 spiro atoms. The Morgan fingerprint density at radius 3 is 2.43 bits per heavy atom. The van der Waals surface area contributed by atoms with Gasteiger partial charge >= 0.3 is 0 Å². The predicted molar refractivity (Wildman–Crippen MR) is 147 cm³/mol. The normalized spacial score (nSPS) is 13.3. The molecule has 0 bridgehead atoms. The van der Waals surface area contributed by atoms with Crippen LogP contribution in [0.15, 0.2) is 81.1 Å². The van der Waals surface area contributed by atoms with Crippen LogP contribution in [0.5, 0.6) is 0 Å². The van der Waals surface area contributed by atoms with E-state index < -0.39 is 0 Å². The Labute approximate surface area is 209 Å². The Bertz CT molecular complexity index is 1850. The second-order valence-corrected chi connectivity index (χ2v) is 12.2. The van der Waals surface area contributed by atoms with Crippen molar-refractivity contribution in [3.63, 3.8) is 0 Å². The average Bonchev–Trinajstić information content (AvgIpc) is 3.21. The molecule has 1 aliphatic rings. The second kappa shape index (κ2) is 7.11. The molecular weight excluding hydrogens is 446 g/mol. The first-order chi connectivity index (χ1) is 16.8. The summed E-state index contributed by atoms with van der Waals surface area (Å²) in [4.78, 5) is 2.74. The number of benzene rings is 4. The Morgan fingerprint density at radius 1 is 0.886 bits per heavy atom. The van der Waals surface area contributed by atoms with Gasteiger partial charge in [0.25, 0.3) is 0 Å². The van der Waals surface area contributed by atoms with E-state index in [9.17, 15) is 0 Å². The third-order valence-electron chi connectivity index (χ3n) is 7.40. The van der Waals surface area contributed by atoms with Gasteiger partial charge in [0.05, 0.1) is 10.9 Å². The molecule has 35 heavy (non-hydrogen) atoms. The number of aromatic nitrogens is 1. The highest BCUT2D eigenvalue weighted by molar-refractivity contribution is 8.00. The van der Waals surface area contributed by atoms with Crippen LogP contribution in [0.3, 0.4) is 0 Å². The third-order valence-corrected chi connectivity index (χ3v) is 8.59. The first kappa shape index (κ1) is 21.0. The summed E-state index contributed by atoms with van der Waals surface area (Å²) in [5.74, 6) is 0. The van der Waals surface area contributed by atoms with E-state index >= 15 is 0 Å². The van der Waals surface area contributed by atoms with Crippen LogP contribution in [-0.2, 0) is 13.5 Å². The van der Waals surface area contributed by atoms with Gasteiger partial charge in [-0.2, -0.15) is 0 Å². The Morgan fingerprint density at radius 2 is 1.63 bits per heavy atom. The molecule has 0 fully saturated rings. The van der Waals surface area contributed by atoms with Crippen molar-refractivity contribution in [2.75, 3.05) is 0 Å². The van der Waals surface area contributed by atoms with Crippen LogP contribution in [-0.4, -0.2) is 0 Å². The molecular formula is C32H28NOS+. The molecule has 0 atom stereocenters. The zero-order chi connectivity index (χ0) is 24.1. The summed E-state index contributed by atoms with van der Waals surface area (Å²) in [6, 6.07) is 21.9. The van der Waals surface area contributed by atoms with Gasteiger partial charge in [0.15, 0.2) is 6.20 Å². The standard InChI is InChI=1S/C32H28NOS/c1-18-20-11-7-6-10-19(20)16-25-26(18)29-28-22(14-15-33(29)5)30-27(21-12-8-9-13-24(21)34-30)23(31(28)35-25)17-32(2,3)4/h6-16H,17H2,1-5H3/q+1. The molecule has 1 aliphatic heterocycles. The van der Waals surface area contributed by atoms with Crippen molar-refractivity contribution in [1.29, 1.82) is 0 Å². The Balaban J connectivity index is 1.73. The smallest absolute Gasteiger partial charge is 0.222 e. The highest BCUT2D eigenvalue weighted by Crippen LogP contribution is 2.54. The maximum Gasteiger partial charge on any atom is 0.222 e. The molecule has 7 rings (SSSR count). The minimum atomic E-state index is 0.146. The largest absolute Gasteiger partial charge is 0.455 e. The van der Waals surface area contributed by atoms with E-state index in [-0.39, 0.29) is 5.41 Å². The predicted octanol–water partition coefficient (Wildman–Crippen LogP) is 8.75. The molecule has 2 nitrogen and oxygen atoms in total. The summed E-state index contributed by atoms with van der Waals surface area (Å²) in [6.07, 6.45) is 3.19. The van der Waals surface area contributed by atoms with Crippen LogP contribution in [0.4, 0.5) is 0 Å². The summed E-state index contributed by atoms with van der Waals surface area (Å²) < 4.78 is 8.92. The number of pyridine rings is 1. The molecule has 0 aliphatic carbocycles. The summed E-state index contributed by atoms with van der Waals surface area (Å²) in [7, 11) is 2.18. The Kier molecular flexibility index (Phi) is 4.27. The van der Waals surface area contributed by atoms with Gasteiger partial charge in [-0.05, 0) is 52.8 Å². The van der Waals surface area contributed by atoms with Crippen LogP contribution in [0.1, 0.15) is 31.9 Å². The van der Waals surface area contributed by atoms with Gasteiger partial charge in [0.1, 0.15) is 18.2 Å². The lowest BCUT2D eigenvalue weighted by molar-refractivity contribution is -0.659. The fourth-order valence-corrected chi connectivity index (χ4v) is 7.33. The van der Waals surface area contributed by atoms with Crippen LogP contribution < -0.4 is 4.57 Å². The van der Waals surface area contributed by atoms with Gasteiger partial charge in [-0.1, -0.05) is 75.0 Å². The van der Waals surface area contributed by atoms with Gasteiger partial charge in [-0.25, -0.2) is 4.57 Å². The summed E-state index contributed by atoms with van der Waals surface area (Å²) >= 11 is 1.95. The van der Waals surface area contributed by atoms with Crippen LogP contribution in [0, 0.1) is 12.3 Å². The van der Waals surface area contributed by atoms with E-state index in [0.717, 1.165) is 17.6 Å². The summed E-state index contributed by atoms with van der Waals surface area (Å²) in [5.41, 5.74) is 7.55. The average molecular weight is 475 g/mol. The van der Waals surface area contributed by atoms with Gasteiger partial charge in [0.2, 0.25) is 5.69 Å². The van der Waals surface area contributed by atoms with Crippen molar-refractivity contribution in [3.8, 4) is 11.3 Å². The van der Waals surface area contributed by atoms with Gasteiger partial charge < -0.3 is 4.42 Å². The zero-order valence-corrected chi connectivity index (χ0v) is 21.6. The van der Waals surface area contributed by atoms with Crippen molar-refractivity contribution in [2.24, 2.45) is 12.5 Å². The molecule has 0 unspecified atom stereocenters. The molecule has 0 N–H and O–H groups in total. The Hall–Kier alpha value is -3.30. The first-order valence-electron chi connectivity index (χ1n) is 12.3. The number of rotatable bonds is 1. The lowest BCUT2D eigenvalue weighted by Gasteiger charge is -2.26. The highest BCUT2D eigenvalue weighted by Gasteiger charge is 2.34. The van der Waals surface area contributed by atoms with Crippen molar-refractivity contribution in [2.45, 2.75) is 43.9 Å². The summed E-state index contributed by atoms with van der Waals surface area (Å²) in [5, 5.41) is 7.68. The zero-order valence-electron chi connectivity index (χ0n) is 20.8. The number of aryl methyl sites for hydroxylation is 2. The van der Waals surface area contributed by atoms with E-state index in [2.05, 4.69) is 106 Å². The van der Waals surface area contributed by atoms with E-state index in [1.807, 2.05) is 11.8 Å². The topological polar surface area (TPSA) is 17.0 Å². The maximum absolute atomic E-state index is 6.61. The van der Waals surface area contributed by atoms with Crippen LogP contribution in [0.2, 0.25) is 0 Å². The lowest BCUT2D eigenvalue weighted by Crippen LogP contribution is -2.32. The first-order valence-corrected chi connectivity index (χ1v) is 13.1. The van der Waals surface area contributed by atoms with Crippen molar-refractivity contribution >= 4 is 55.2 Å². The molecule has 0 amide bonds. The fraction of sp³-hybridized carbons (Fsp3) is 0.219. The summed E-state index contributed by atoms with van der Waals surface area (Å²) in [6.45, 7) is 9.29. The van der Waals surface area contributed by atoms with Crippen LogP contribution >= 0.6 is 11.8 Å². The molecule has 3 heterocycles. The minimum Gasteiger partial charge on any atom is -0.455 e. The van der Waals surface area contributed by atoms with E-state index in [0.29, 0.717) is 0 Å². The number of furan rings is 1. The van der Waals surface area contributed by atoms with Gasteiger partial charge in [-0.15, -0.1) is 0 Å². The fourth-order valence-electron chi connectivity index (χ4n) is 5.96. The molecule has 3 heteroatoms. The highest BCUT2D eigenvalue weighted by atomic mass is 32.2. The maximum atomic E-state index is 6.61. The number of para-hydroxylation sites is 1. The van der Waals surface area contributed by atoms with E-state index in [1.165, 1.54) is 64.5 Å². The van der Waals surface area contributed by atoms with Crippen LogP contribution in [0.25, 0.3) is 54.7 Å².